The molecule has 50 heavy (non-hydrogen) atoms. The number of aliphatic hydroxyl groups excluding tert-OH is 3. The minimum Gasteiger partial charge on any atom is -0.394 e. The van der Waals surface area contributed by atoms with E-state index in [1.807, 2.05) is 0 Å². The van der Waals surface area contributed by atoms with E-state index in [0.717, 1.165) is 25.7 Å². The first-order valence-corrected chi connectivity index (χ1v) is 22.8. The average molecular weight is 710 g/mol. The molecule has 0 aromatic heterocycles. The lowest BCUT2D eigenvalue weighted by Crippen LogP contribution is -2.46. The minimum absolute atomic E-state index is 0.0429. The number of hydrogen-bond acceptors (Lipinski definition) is 4. The van der Waals surface area contributed by atoms with Gasteiger partial charge in [-0.3, -0.25) is 4.79 Å². The molecule has 0 aliphatic rings. The van der Waals surface area contributed by atoms with E-state index >= 15 is 0 Å². The van der Waals surface area contributed by atoms with Crippen molar-refractivity contribution >= 4 is 5.91 Å². The predicted molar refractivity (Wildman–Crippen MR) is 218 cm³/mol. The predicted octanol–water partition coefficient (Wildman–Crippen LogP) is 13.0. The average Bonchev–Trinajstić information content (AvgIpc) is 3.11. The number of amides is 1. The van der Waals surface area contributed by atoms with Gasteiger partial charge in [-0.15, -0.1) is 0 Å². The summed E-state index contributed by atoms with van der Waals surface area (Å²) >= 11 is 0. The monoisotopic (exact) mass is 710 g/mol. The highest BCUT2D eigenvalue weighted by atomic mass is 16.3. The summed E-state index contributed by atoms with van der Waals surface area (Å²) in [5.41, 5.74) is 0. The first-order valence-electron chi connectivity index (χ1n) is 22.8. The number of aliphatic hydroxyl groups is 3. The zero-order valence-electron chi connectivity index (χ0n) is 34.1. The van der Waals surface area contributed by atoms with E-state index in [1.165, 1.54) is 199 Å². The number of rotatable bonds is 42. The summed E-state index contributed by atoms with van der Waals surface area (Å²) in [6.07, 6.45) is 46.4. The second kappa shape index (κ2) is 41.1. The van der Waals surface area contributed by atoms with Crippen LogP contribution in [0.2, 0.25) is 0 Å². The van der Waals surface area contributed by atoms with Crippen molar-refractivity contribution in [2.75, 3.05) is 6.61 Å². The molecule has 4 N–H and O–H groups in total. The van der Waals surface area contributed by atoms with E-state index in [9.17, 15) is 20.1 Å². The van der Waals surface area contributed by atoms with Crippen LogP contribution in [0.15, 0.2) is 0 Å². The van der Waals surface area contributed by atoms with Crippen molar-refractivity contribution < 1.29 is 20.1 Å². The number of unbranched alkanes of at least 4 members (excludes halogenated alkanes) is 33. The fraction of sp³-hybridized carbons (Fsp3) is 0.978. The van der Waals surface area contributed by atoms with Crippen LogP contribution in [0.4, 0.5) is 0 Å². The van der Waals surface area contributed by atoms with Gasteiger partial charge in [0.15, 0.2) is 0 Å². The molecular formula is C45H91NO4. The van der Waals surface area contributed by atoms with Gasteiger partial charge in [0.25, 0.3) is 0 Å². The summed E-state index contributed by atoms with van der Waals surface area (Å²) in [4.78, 5) is 12.5. The summed E-state index contributed by atoms with van der Waals surface area (Å²) in [7, 11) is 0. The van der Waals surface area contributed by atoms with E-state index in [-0.39, 0.29) is 18.9 Å². The third-order valence-corrected chi connectivity index (χ3v) is 10.9. The molecule has 300 valence electrons. The topological polar surface area (TPSA) is 89.8 Å². The molecule has 0 spiro atoms. The van der Waals surface area contributed by atoms with Gasteiger partial charge in [0.1, 0.15) is 0 Å². The standard InChI is InChI=1S/C45H91NO4/c1-3-5-7-9-11-13-15-17-19-21-22-23-25-27-29-31-33-35-37-39-44(49)43(41-47)46-45(50)40-42(48)38-36-34-32-30-28-26-24-20-18-16-14-12-10-8-6-4-2/h42-44,47-49H,3-41H2,1-2H3,(H,46,50). The van der Waals surface area contributed by atoms with Gasteiger partial charge in [0.2, 0.25) is 5.91 Å². The van der Waals surface area contributed by atoms with Gasteiger partial charge in [0.05, 0.1) is 31.3 Å². The van der Waals surface area contributed by atoms with E-state index in [0.29, 0.717) is 12.8 Å². The molecule has 0 bridgehead atoms. The highest BCUT2D eigenvalue weighted by Gasteiger charge is 2.21. The number of hydrogen-bond donors (Lipinski definition) is 4. The van der Waals surface area contributed by atoms with E-state index in [1.54, 1.807) is 0 Å². The normalized spacial score (nSPS) is 13.5. The Morgan fingerprint density at radius 3 is 0.960 bits per heavy atom. The Labute approximate surface area is 313 Å². The Morgan fingerprint density at radius 1 is 0.420 bits per heavy atom. The lowest BCUT2D eigenvalue weighted by Gasteiger charge is -2.23. The van der Waals surface area contributed by atoms with Crippen molar-refractivity contribution in [2.24, 2.45) is 0 Å². The number of nitrogens with one attached hydrogen (secondary N) is 1. The first kappa shape index (κ1) is 49.4. The fourth-order valence-corrected chi connectivity index (χ4v) is 7.41. The van der Waals surface area contributed by atoms with Crippen LogP contribution in [0.1, 0.15) is 258 Å². The Balaban J connectivity index is 3.57. The zero-order valence-corrected chi connectivity index (χ0v) is 34.1. The van der Waals surface area contributed by atoms with Crippen molar-refractivity contribution in [1.82, 2.24) is 5.32 Å². The van der Waals surface area contributed by atoms with Gasteiger partial charge in [-0.2, -0.15) is 0 Å². The third-order valence-electron chi connectivity index (χ3n) is 10.9. The van der Waals surface area contributed by atoms with Crippen molar-refractivity contribution in [1.29, 1.82) is 0 Å². The van der Waals surface area contributed by atoms with Crippen LogP contribution in [0.3, 0.4) is 0 Å². The number of carbonyl (C=O) groups is 1. The Hall–Kier alpha value is -0.650. The third kappa shape index (κ3) is 37.1. The Kier molecular flexibility index (Phi) is 40.6. The second-order valence-electron chi connectivity index (χ2n) is 16.0. The molecular weight excluding hydrogens is 618 g/mol. The smallest absolute Gasteiger partial charge is 0.222 e. The maximum Gasteiger partial charge on any atom is 0.222 e. The lowest BCUT2D eigenvalue weighted by atomic mass is 10.0. The molecule has 0 aliphatic heterocycles. The van der Waals surface area contributed by atoms with Gasteiger partial charge in [0, 0.05) is 0 Å². The van der Waals surface area contributed by atoms with Crippen molar-refractivity contribution in [3.8, 4) is 0 Å². The maximum absolute atomic E-state index is 12.5. The van der Waals surface area contributed by atoms with Crippen LogP contribution in [0, 0.1) is 0 Å². The van der Waals surface area contributed by atoms with Crippen LogP contribution >= 0.6 is 0 Å². The lowest BCUT2D eigenvalue weighted by molar-refractivity contribution is -0.125. The quantitative estimate of drug-likeness (QED) is 0.0475. The minimum atomic E-state index is -0.743. The first-order chi connectivity index (χ1) is 24.5. The summed E-state index contributed by atoms with van der Waals surface area (Å²) in [6, 6.07) is -0.652. The SMILES string of the molecule is CCCCCCCCCCCCCCCCCCCCCC(O)C(CO)NC(=O)CC(O)CCCCCCCCCCCCCCCCCC. The highest BCUT2D eigenvalue weighted by molar-refractivity contribution is 5.76. The second-order valence-corrected chi connectivity index (χ2v) is 16.0. The molecule has 0 radical (unpaired) electrons. The molecule has 1 amide bonds. The molecule has 3 unspecified atom stereocenters. The molecule has 3 atom stereocenters. The van der Waals surface area contributed by atoms with Gasteiger partial charge in [-0.1, -0.05) is 239 Å². The molecule has 0 aromatic carbocycles. The summed E-state index contributed by atoms with van der Waals surface area (Å²) < 4.78 is 0. The molecule has 0 aromatic rings. The van der Waals surface area contributed by atoms with Crippen LogP contribution in [-0.4, -0.2) is 46.1 Å². The molecule has 0 saturated heterocycles. The van der Waals surface area contributed by atoms with Gasteiger partial charge >= 0.3 is 0 Å². The van der Waals surface area contributed by atoms with Crippen LogP contribution in [0.25, 0.3) is 0 Å². The molecule has 5 nitrogen and oxygen atoms in total. The summed E-state index contributed by atoms with van der Waals surface area (Å²) in [6.45, 7) is 4.29. The summed E-state index contributed by atoms with van der Waals surface area (Å²) in [5.74, 6) is -0.278. The Morgan fingerprint density at radius 2 is 0.680 bits per heavy atom. The van der Waals surface area contributed by atoms with Crippen molar-refractivity contribution in [3.05, 3.63) is 0 Å². The van der Waals surface area contributed by atoms with Crippen LogP contribution in [0.5, 0.6) is 0 Å². The van der Waals surface area contributed by atoms with Gasteiger partial charge in [-0.05, 0) is 12.8 Å². The maximum atomic E-state index is 12.5. The number of carbonyl (C=O) groups excluding carboxylic acids is 1. The highest BCUT2D eigenvalue weighted by Crippen LogP contribution is 2.17. The molecule has 0 rings (SSSR count). The molecule has 0 aliphatic carbocycles. The molecule has 5 heteroatoms. The van der Waals surface area contributed by atoms with E-state index in [4.69, 9.17) is 0 Å². The van der Waals surface area contributed by atoms with Crippen LogP contribution in [-0.2, 0) is 4.79 Å². The molecule has 0 heterocycles. The van der Waals surface area contributed by atoms with E-state index < -0.39 is 18.2 Å². The largest absolute Gasteiger partial charge is 0.394 e. The van der Waals surface area contributed by atoms with Crippen molar-refractivity contribution in [2.45, 2.75) is 276 Å². The molecule has 0 fully saturated rings. The van der Waals surface area contributed by atoms with Gasteiger partial charge < -0.3 is 20.6 Å². The summed E-state index contributed by atoms with van der Waals surface area (Å²) in [5, 5.41) is 33.4. The fourth-order valence-electron chi connectivity index (χ4n) is 7.41. The molecule has 0 saturated carbocycles. The van der Waals surface area contributed by atoms with Gasteiger partial charge in [-0.25, -0.2) is 0 Å². The zero-order chi connectivity index (χ0) is 36.6. The van der Waals surface area contributed by atoms with Crippen molar-refractivity contribution in [3.63, 3.8) is 0 Å². The van der Waals surface area contributed by atoms with Crippen LogP contribution < -0.4 is 5.32 Å². The Bertz CT molecular complexity index is 659. The van der Waals surface area contributed by atoms with E-state index in [2.05, 4.69) is 19.2 Å².